The Morgan fingerprint density at radius 2 is 1.92 bits per heavy atom. The molecule has 1 atom stereocenters. The van der Waals surface area contributed by atoms with Crippen molar-refractivity contribution in [3.05, 3.63) is 48.7 Å². The lowest BCUT2D eigenvalue weighted by molar-refractivity contribution is -0.134. The van der Waals surface area contributed by atoms with E-state index in [2.05, 4.69) is 31.1 Å². The van der Waals surface area contributed by atoms with Gasteiger partial charge in [-0.1, -0.05) is 12.1 Å². The standard InChI is InChI=1S/C27H38N6O3/c1-30(20-26(34)29-23-8-5-9-24(17-23)36-2)27(35)21-32-12-6-7-22(19-32)18-31-13-15-33(16-14-31)25-10-3-4-11-28-25/h3-5,8-11,17,22H,6-7,12-16,18-21H2,1-2H3,(H,29,34). The summed E-state index contributed by atoms with van der Waals surface area (Å²) < 4.78 is 5.19. The van der Waals surface area contributed by atoms with Crippen molar-refractivity contribution >= 4 is 23.3 Å². The topological polar surface area (TPSA) is 81.2 Å². The highest BCUT2D eigenvalue weighted by atomic mass is 16.5. The number of benzene rings is 1. The molecule has 0 saturated carbocycles. The molecule has 2 fully saturated rings. The van der Waals surface area contributed by atoms with Gasteiger partial charge in [-0.05, 0) is 49.6 Å². The fourth-order valence-electron chi connectivity index (χ4n) is 5.03. The zero-order chi connectivity index (χ0) is 25.3. The quantitative estimate of drug-likeness (QED) is 0.571. The lowest BCUT2D eigenvalue weighted by atomic mass is 9.97. The first-order valence-electron chi connectivity index (χ1n) is 12.8. The summed E-state index contributed by atoms with van der Waals surface area (Å²) in [6, 6.07) is 13.3. The highest BCUT2D eigenvalue weighted by Gasteiger charge is 2.26. The van der Waals surface area contributed by atoms with Crippen LogP contribution >= 0.6 is 0 Å². The molecule has 1 aromatic heterocycles. The predicted octanol–water partition coefficient (Wildman–Crippen LogP) is 2.02. The second kappa shape index (κ2) is 12.7. The zero-order valence-corrected chi connectivity index (χ0v) is 21.4. The fourth-order valence-corrected chi connectivity index (χ4v) is 5.03. The number of piperidine rings is 1. The maximum absolute atomic E-state index is 12.8. The molecule has 0 spiro atoms. The SMILES string of the molecule is COc1cccc(NC(=O)CN(C)C(=O)CN2CCCC(CN3CCN(c4ccccn4)CC3)C2)c1. The Labute approximate surface area is 214 Å². The van der Waals surface area contributed by atoms with Gasteiger partial charge in [-0.15, -0.1) is 0 Å². The van der Waals surface area contributed by atoms with E-state index in [1.807, 2.05) is 30.5 Å². The van der Waals surface area contributed by atoms with Crippen LogP contribution in [0, 0.1) is 5.92 Å². The average Bonchev–Trinajstić information content (AvgIpc) is 2.90. The Kier molecular flexibility index (Phi) is 9.13. The van der Waals surface area contributed by atoms with Gasteiger partial charge in [-0.3, -0.25) is 19.4 Å². The third-order valence-corrected chi connectivity index (χ3v) is 6.98. The molecule has 9 nitrogen and oxygen atoms in total. The number of ether oxygens (including phenoxy) is 1. The van der Waals surface area contributed by atoms with E-state index in [9.17, 15) is 9.59 Å². The third-order valence-electron chi connectivity index (χ3n) is 6.98. The molecule has 1 aromatic carbocycles. The van der Waals surface area contributed by atoms with Gasteiger partial charge >= 0.3 is 0 Å². The number of methoxy groups -OCH3 is 1. The summed E-state index contributed by atoms with van der Waals surface area (Å²) in [5.41, 5.74) is 0.653. The van der Waals surface area contributed by atoms with Gasteiger partial charge in [0.05, 0.1) is 20.2 Å². The van der Waals surface area contributed by atoms with Crippen molar-refractivity contribution in [1.82, 2.24) is 19.7 Å². The Bertz CT molecular complexity index is 996. The number of carbonyl (C=O) groups excluding carboxylic acids is 2. The molecule has 36 heavy (non-hydrogen) atoms. The molecular weight excluding hydrogens is 456 g/mol. The minimum absolute atomic E-state index is 0.0217. The maximum atomic E-state index is 12.8. The molecular formula is C27H38N6O3. The molecule has 4 rings (SSSR count). The maximum Gasteiger partial charge on any atom is 0.243 e. The normalized spacial score (nSPS) is 19.1. The lowest BCUT2D eigenvalue weighted by Gasteiger charge is -2.39. The molecule has 1 unspecified atom stereocenters. The Morgan fingerprint density at radius 1 is 1.08 bits per heavy atom. The van der Waals surface area contributed by atoms with E-state index in [0.29, 0.717) is 23.9 Å². The molecule has 2 aliphatic rings. The molecule has 0 radical (unpaired) electrons. The van der Waals surface area contributed by atoms with Crippen LogP contribution in [0.25, 0.3) is 0 Å². The molecule has 2 aliphatic heterocycles. The molecule has 2 aromatic rings. The number of amides is 2. The summed E-state index contributed by atoms with van der Waals surface area (Å²) in [4.78, 5) is 38.4. The molecule has 2 amide bonds. The third kappa shape index (κ3) is 7.41. The summed E-state index contributed by atoms with van der Waals surface area (Å²) >= 11 is 0. The van der Waals surface area contributed by atoms with Crippen molar-refractivity contribution in [1.29, 1.82) is 0 Å². The molecule has 194 valence electrons. The number of pyridine rings is 1. The largest absolute Gasteiger partial charge is 0.497 e. The van der Waals surface area contributed by atoms with Gasteiger partial charge in [-0.2, -0.15) is 0 Å². The number of rotatable bonds is 9. The van der Waals surface area contributed by atoms with Gasteiger partial charge in [0.2, 0.25) is 11.8 Å². The monoisotopic (exact) mass is 494 g/mol. The van der Waals surface area contributed by atoms with Gasteiger partial charge in [0.15, 0.2) is 0 Å². The Hall–Kier alpha value is -3.17. The fraction of sp³-hybridized carbons (Fsp3) is 0.519. The van der Waals surface area contributed by atoms with Crippen LogP contribution in [0.15, 0.2) is 48.7 Å². The number of likely N-dealkylation sites (tertiary alicyclic amines) is 1. The number of anilines is 2. The van der Waals surface area contributed by atoms with Crippen LogP contribution in [0.2, 0.25) is 0 Å². The molecule has 9 heteroatoms. The summed E-state index contributed by atoms with van der Waals surface area (Å²) in [7, 11) is 3.28. The number of nitrogens with one attached hydrogen (secondary N) is 1. The summed E-state index contributed by atoms with van der Waals surface area (Å²) in [5, 5.41) is 2.83. The summed E-state index contributed by atoms with van der Waals surface area (Å²) in [6.45, 7) is 7.37. The van der Waals surface area contributed by atoms with E-state index in [1.54, 1.807) is 26.3 Å². The van der Waals surface area contributed by atoms with E-state index in [0.717, 1.165) is 58.1 Å². The van der Waals surface area contributed by atoms with Crippen molar-refractivity contribution < 1.29 is 14.3 Å². The van der Waals surface area contributed by atoms with Gasteiger partial charge < -0.3 is 19.9 Å². The van der Waals surface area contributed by atoms with Crippen molar-refractivity contribution in [2.45, 2.75) is 12.8 Å². The minimum atomic E-state index is -0.222. The predicted molar refractivity (Wildman–Crippen MR) is 141 cm³/mol. The van der Waals surface area contributed by atoms with Crippen molar-refractivity contribution in [3.8, 4) is 5.75 Å². The van der Waals surface area contributed by atoms with Gasteiger partial charge in [0, 0.05) is 64.3 Å². The van der Waals surface area contributed by atoms with Crippen LogP contribution in [0.4, 0.5) is 11.5 Å². The first-order chi connectivity index (χ1) is 17.5. The number of piperazine rings is 1. The van der Waals surface area contributed by atoms with Gasteiger partial charge in [-0.25, -0.2) is 4.98 Å². The van der Waals surface area contributed by atoms with E-state index in [1.165, 1.54) is 11.3 Å². The van der Waals surface area contributed by atoms with Crippen molar-refractivity contribution in [2.75, 3.05) is 83.3 Å². The second-order valence-electron chi connectivity index (χ2n) is 9.75. The smallest absolute Gasteiger partial charge is 0.243 e. The zero-order valence-electron chi connectivity index (χ0n) is 21.4. The molecule has 0 aliphatic carbocycles. The van der Waals surface area contributed by atoms with E-state index >= 15 is 0 Å². The van der Waals surface area contributed by atoms with Crippen LogP contribution < -0.4 is 15.0 Å². The highest BCUT2D eigenvalue weighted by Crippen LogP contribution is 2.20. The van der Waals surface area contributed by atoms with E-state index in [4.69, 9.17) is 4.74 Å². The van der Waals surface area contributed by atoms with E-state index in [-0.39, 0.29) is 18.4 Å². The lowest BCUT2D eigenvalue weighted by Crippen LogP contribution is -2.50. The number of nitrogens with zero attached hydrogens (tertiary/aromatic N) is 5. The first-order valence-corrected chi connectivity index (χ1v) is 12.8. The molecule has 0 bridgehead atoms. The minimum Gasteiger partial charge on any atom is -0.497 e. The summed E-state index contributed by atoms with van der Waals surface area (Å²) in [5.74, 6) is 2.04. The van der Waals surface area contributed by atoms with E-state index < -0.39 is 0 Å². The second-order valence-corrected chi connectivity index (χ2v) is 9.75. The number of hydrogen-bond acceptors (Lipinski definition) is 7. The molecule has 3 heterocycles. The van der Waals surface area contributed by atoms with Crippen LogP contribution in [0.1, 0.15) is 12.8 Å². The Balaban J connectivity index is 1.18. The number of aromatic nitrogens is 1. The van der Waals surface area contributed by atoms with Crippen molar-refractivity contribution in [3.63, 3.8) is 0 Å². The Morgan fingerprint density at radius 3 is 2.67 bits per heavy atom. The highest BCUT2D eigenvalue weighted by molar-refractivity contribution is 5.94. The first kappa shape index (κ1) is 25.9. The van der Waals surface area contributed by atoms with Crippen molar-refractivity contribution in [2.24, 2.45) is 5.92 Å². The molecule has 2 saturated heterocycles. The number of carbonyl (C=O) groups is 2. The van der Waals surface area contributed by atoms with Crippen LogP contribution in [-0.2, 0) is 9.59 Å². The average molecular weight is 495 g/mol. The van der Waals surface area contributed by atoms with Gasteiger partial charge in [0.1, 0.15) is 11.6 Å². The number of hydrogen-bond donors (Lipinski definition) is 1. The van der Waals surface area contributed by atoms with Gasteiger partial charge in [0.25, 0.3) is 0 Å². The van der Waals surface area contributed by atoms with Crippen LogP contribution in [0.5, 0.6) is 5.75 Å². The molecule has 1 N–H and O–H groups in total. The van der Waals surface area contributed by atoms with Crippen LogP contribution in [0.3, 0.4) is 0 Å². The van der Waals surface area contributed by atoms with Crippen LogP contribution in [-0.4, -0.2) is 105 Å². The number of likely N-dealkylation sites (N-methyl/N-ethyl adjacent to an activating group) is 1. The summed E-state index contributed by atoms with van der Waals surface area (Å²) in [6.07, 6.45) is 4.15.